The van der Waals surface area contributed by atoms with Gasteiger partial charge in [-0.1, -0.05) is 48.5 Å². The summed E-state index contributed by atoms with van der Waals surface area (Å²) in [6.07, 6.45) is 1.66. The van der Waals surface area contributed by atoms with Crippen molar-refractivity contribution in [1.82, 2.24) is 4.90 Å². The number of anilines is 2. The summed E-state index contributed by atoms with van der Waals surface area (Å²) in [6.45, 7) is 2.83. The minimum absolute atomic E-state index is 0.0333. The molecule has 42 heavy (non-hydrogen) atoms. The van der Waals surface area contributed by atoms with Crippen LogP contribution in [0.3, 0.4) is 0 Å². The molecule has 8 heteroatoms. The Labute approximate surface area is 244 Å². The number of hydrogen-bond donors (Lipinski definition) is 0. The molecule has 6 rings (SSSR count). The Balaban J connectivity index is 1.15. The van der Waals surface area contributed by atoms with Gasteiger partial charge in [0.2, 0.25) is 0 Å². The first-order valence-electron chi connectivity index (χ1n) is 13.8. The number of rotatable bonds is 6. The fourth-order valence-electron chi connectivity index (χ4n) is 5.33. The number of ether oxygens (including phenoxy) is 2. The Hall–Kier alpha value is -5.11. The topological polar surface area (TPSA) is 62.3 Å². The fourth-order valence-corrected chi connectivity index (χ4v) is 5.33. The largest absolute Gasteiger partial charge is 0.495 e. The van der Waals surface area contributed by atoms with Crippen LogP contribution in [0.5, 0.6) is 11.5 Å². The molecule has 2 aliphatic heterocycles. The van der Waals surface area contributed by atoms with Gasteiger partial charge in [-0.25, -0.2) is 4.39 Å². The van der Waals surface area contributed by atoms with Crippen molar-refractivity contribution >= 4 is 29.3 Å². The first-order chi connectivity index (χ1) is 20.5. The summed E-state index contributed by atoms with van der Waals surface area (Å²) in [5.41, 5.74) is 3.63. The lowest BCUT2D eigenvalue weighted by Gasteiger charge is -2.36. The molecule has 2 amide bonds. The van der Waals surface area contributed by atoms with Crippen molar-refractivity contribution < 1.29 is 23.5 Å². The van der Waals surface area contributed by atoms with Crippen molar-refractivity contribution in [2.45, 2.75) is 6.54 Å². The summed E-state index contributed by atoms with van der Waals surface area (Å²) < 4.78 is 25.3. The van der Waals surface area contributed by atoms with Gasteiger partial charge in [0.25, 0.3) is 11.8 Å². The Morgan fingerprint density at radius 1 is 0.881 bits per heavy atom. The van der Waals surface area contributed by atoms with Crippen molar-refractivity contribution in [2.24, 2.45) is 0 Å². The number of nitrogens with zero attached hydrogens (tertiary/aromatic N) is 3. The minimum atomic E-state index is -0.356. The van der Waals surface area contributed by atoms with E-state index in [-0.39, 0.29) is 29.9 Å². The summed E-state index contributed by atoms with van der Waals surface area (Å²) in [6, 6.07) is 28.5. The Morgan fingerprint density at radius 3 is 2.33 bits per heavy atom. The van der Waals surface area contributed by atoms with Crippen LogP contribution in [0.25, 0.3) is 6.08 Å². The second-order valence-corrected chi connectivity index (χ2v) is 10.2. The van der Waals surface area contributed by atoms with Crippen LogP contribution in [-0.4, -0.2) is 50.0 Å². The zero-order valence-corrected chi connectivity index (χ0v) is 23.2. The van der Waals surface area contributed by atoms with Crippen LogP contribution < -0.4 is 19.3 Å². The molecule has 2 heterocycles. The zero-order chi connectivity index (χ0) is 29.1. The lowest BCUT2D eigenvalue weighted by Crippen LogP contribution is -2.48. The Morgan fingerprint density at radius 2 is 1.60 bits per heavy atom. The second-order valence-electron chi connectivity index (χ2n) is 10.2. The quantitative estimate of drug-likeness (QED) is 0.279. The highest BCUT2D eigenvalue weighted by Crippen LogP contribution is 2.36. The molecule has 0 aliphatic carbocycles. The van der Waals surface area contributed by atoms with E-state index >= 15 is 0 Å². The summed E-state index contributed by atoms with van der Waals surface area (Å²) >= 11 is 0. The normalized spacial score (nSPS) is 15.8. The van der Waals surface area contributed by atoms with Crippen LogP contribution in [0.15, 0.2) is 103 Å². The molecule has 4 aromatic rings. The Kier molecular flexibility index (Phi) is 7.60. The summed E-state index contributed by atoms with van der Waals surface area (Å²) in [4.78, 5) is 32.4. The van der Waals surface area contributed by atoms with Gasteiger partial charge in [-0.15, -0.1) is 0 Å². The van der Waals surface area contributed by atoms with E-state index in [1.54, 1.807) is 66.6 Å². The molecule has 0 aromatic heterocycles. The van der Waals surface area contributed by atoms with E-state index in [1.807, 2.05) is 41.3 Å². The first kappa shape index (κ1) is 27.1. The van der Waals surface area contributed by atoms with E-state index in [0.717, 1.165) is 17.0 Å². The van der Waals surface area contributed by atoms with Crippen LogP contribution in [0.1, 0.15) is 21.5 Å². The minimum Gasteiger partial charge on any atom is -0.495 e. The van der Waals surface area contributed by atoms with E-state index in [9.17, 15) is 14.0 Å². The highest BCUT2D eigenvalue weighted by Gasteiger charge is 2.30. The second kappa shape index (κ2) is 11.8. The molecule has 1 fully saturated rings. The molecule has 0 saturated carbocycles. The van der Waals surface area contributed by atoms with Gasteiger partial charge in [-0.05, 0) is 65.7 Å². The van der Waals surface area contributed by atoms with Crippen LogP contribution in [0.2, 0.25) is 0 Å². The molecule has 0 N–H and O–H groups in total. The lowest BCUT2D eigenvalue weighted by atomic mass is 10.1. The molecular formula is C34H30FN3O4. The molecular weight excluding hydrogens is 533 g/mol. The van der Waals surface area contributed by atoms with Gasteiger partial charge in [-0.2, -0.15) is 0 Å². The summed E-state index contributed by atoms with van der Waals surface area (Å²) in [7, 11) is 1.66. The van der Waals surface area contributed by atoms with Crippen LogP contribution in [-0.2, 0) is 11.3 Å². The van der Waals surface area contributed by atoms with Gasteiger partial charge >= 0.3 is 0 Å². The fraction of sp³-hybridized carbons (Fsp3) is 0.176. The van der Waals surface area contributed by atoms with Gasteiger partial charge in [0.1, 0.15) is 11.6 Å². The number of carbonyl (C=O) groups excluding carboxylic acids is 2. The van der Waals surface area contributed by atoms with Crippen molar-refractivity contribution in [2.75, 3.05) is 43.1 Å². The monoisotopic (exact) mass is 563 g/mol. The third-order valence-electron chi connectivity index (χ3n) is 7.51. The van der Waals surface area contributed by atoms with Gasteiger partial charge in [0.05, 0.1) is 25.0 Å². The third kappa shape index (κ3) is 5.56. The van der Waals surface area contributed by atoms with Crippen molar-refractivity contribution in [3.05, 3.63) is 125 Å². The van der Waals surface area contributed by atoms with E-state index in [0.29, 0.717) is 48.7 Å². The SMILES string of the molecule is COc1ccccc1N1CCN(C(=O)c2ccc(C=C3Oc4ccccc4N(Cc4cccc(F)c4)C3=O)cc2)CC1. The summed E-state index contributed by atoms with van der Waals surface area (Å²) in [5.74, 6) is 0.795. The number of carbonyl (C=O) groups is 2. The molecule has 2 aliphatic rings. The average molecular weight is 564 g/mol. The highest BCUT2D eigenvalue weighted by atomic mass is 19.1. The molecule has 7 nitrogen and oxygen atoms in total. The maximum absolute atomic E-state index is 13.8. The van der Waals surface area contributed by atoms with Gasteiger partial charge < -0.3 is 19.3 Å². The standard InChI is InChI=1S/C34H30FN3O4/c1-41-30-11-4-2-9-28(30)36-17-19-37(20-18-36)33(39)26-15-13-24(14-16-26)22-32-34(40)38(23-25-7-6-8-27(35)21-25)29-10-3-5-12-31(29)42-32/h2-16,21-22H,17-20,23H2,1H3. The van der Waals surface area contributed by atoms with E-state index < -0.39 is 0 Å². The average Bonchev–Trinajstić information content (AvgIpc) is 3.03. The van der Waals surface area contributed by atoms with Gasteiger partial charge in [0.15, 0.2) is 11.5 Å². The van der Waals surface area contributed by atoms with Crippen molar-refractivity contribution in [3.63, 3.8) is 0 Å². The maximum Gasteiger partial charge on any atom is 0.294 e. The van der Waals surface area contributed by atoms with Gasteiger partial charge in [-0.3, -0.25) is 14.5 Å². The number of amides is 2. The highest BCUT2D eigenvalue weighted by molar-refractivity contribution is 6.09. The number of piperazine rings is 1. The number of halogens is 1. The number of methoxy groups -OCH3 is 1. The number of benzene rings is 4. The van der Waals surface area contributed by atoms with Crippen LogP contribution in [0.4, 0.5) is 15.8 Å². The molecule has 0 bridgehead atoms. The van der Waals surface area contributed by atoms with Crippen LogP contribution in [0, 0.1) is 5.82 Å². The summed E-state index contributed by atoms with van der Waals surface area (Å²) in [5, 5.41) is 0. The van der Waals surface area contributed by atoms with Crippen molar-refractivity contribution in [3.8, 4) is 11.5 Å². The molecule has 1 saturated heterocycles. The van der Waals surface area contributed by atoms with Crippen LogP contribution >= 0.6 is 0 Å². The van der Waals surface area contributed by atoms with E-state index in [1.165, 1.54) is 12.1 Å². The molecule has 0 radical (unpaired) electrons. The van der Waals surface area contributed by atoms with Crippen molar-refractivity contribution in [1.29, 1.82) is 0 Å². The smallest absolute Gasteiger partial charge is 0.294 e. The third-order valence-corrected chi connectivity index (χ3v) is 7.51. The predicted molar refractivity (Wildman–Crippen MR) is 160 cm³/mol. The van der Waals surface area contributed by atoms with Gasteiger partial charge in [0, 0.05) is 31.7 Å². The molecule has 0 unspecified atom stereocenters. The first-order valence-corrected chi connectivity index (χ1v) is 13.8. The van der Waals surface area contributed by atoms with E-state index in [2.05, 4.69) is 4.90 Å². The number of fused-ring (bicyclic) bond motifs is 1. The molecule has 212 valence electrons. The Bertz CT molecular complexity index is 1640. The predicted octanol–water partition coefficient (Wildman–Crippen LogP) is 5.76. The lowest BCUT2D eigenvalue weighted by molar-refractivity contribution is -0.117. The molecule has 4 aromatic carbocycles. The zero-order valence-electron chi connectivity index (χ0n) is 23.2. The number of para-hydroxylation sites is 4. The number of hydrogen-bond acceptors (Lipinski definition) is 5. The maximum atomic E-state index is 13.8. The molecule has 0 atom stereocenters. The van der Waals surface area contributed by atoms with E-state index in [4.69, 9.17) is 9.47 Å². The molecule has 0 spiro atoms.